The first-order valence-corrected chi connectivity index (χ1v) is 12.8. The van der Waals surface area contributed by atoms with Gasteiger partial charge in [-0.25, -0.2) is 8.42 Å². The molecule has 0 bridgehead atoms. The lowest BCUT2D eigenvalue weighted by atomic mass is 10.1. The van der Waals surface area contributed by atoms with Gasteiger partial charge in [0.25, 0.3) is 0 Å². The highest BCUT2D eigenvalue weighted by Crippen LogP contribution is 2.31. The van der Waals surface area contributed by atoms with Crippen molar-refractivity contribution in [3.63, 3.8) is 0 Å². The Hall–Kier alpha value is -2.19. The second kappa shape index (κ2) is 9.35. The van der Waals surface area contributed by atoms with Gasteiger partial charge in [-0.05, 0) is 66.9 Å². The van der Waals surface area contributed by atoms with Crippen molar-refractivity contribution >= 4 is 49.1 Å². The van der Waals surface area contributed by atoms with Crippen molar-refractivity contribution in [2.45, 2.75) is 24.8 Å². The molecule has 0 N–H and O–H groups in total. The Morgan fingerprint density at radius 2 is 1.84 bits per heavy atom. The quantitative estimate of drug-likeness (QED) is 0.438. The molecule has 0 spiro atoms. The van der Waals surface area contributed by atoms with Crippen molar-refractivity contribution in [3.8, 4) is 0 Å². The van der Waals surface area contributed by atoms with Gasteiger partial charge in [-0.15, -0.1) is 0 Å². The van der Waals surface area contributed by atoms with Crippen LogP contribution < -0.4 is 4.90 Å². The largest absolute Gasteiger partial charge is 0.311 e. The Morgan fingerprint density at radius 3 is 2.56 bits per heavy atom. The first-order valence-electron chi connectivity index (χ1n) is 10.1. The maximum Gasteiger partial charge on any atom is 0.243 e. The van der Waals surface area contributed by atoms with Gasteiger partial charge < -0.3 is 4.90 Å². The molecule has 166 valence electrons. The first kappa shape index (κ1) is 23.0. The van der Waals surface area contributed by atoms with E-state index in [-0.39, 0.29) is 23.9 Å². The number of nitrogens with zero attached hydrogens (tertiary/aromatic N) is 2. The number of carbonyl (C=O) groups is 1. The van der Waals surface area contributed by atoms with Gasteiger partial charge in [-0.2, -0.15) is 4.31 Å². The van der Waals surface area contributed by atoms with Crippen LogP contribution in [-0.4, -0.2) is 31.7 Å². The molecular weight excluding hydrogens is 512 g/mol. The Kier molecular flexibility index (Phi) is 6.72. The zero-order valence-electron chi connectivity index (χ0n) is 17.5. The molecule has 1 aliphatic rings. The highest BCUT2D eigenvalue weighted by atomic mass is 79.9. The van der Waals surface area contributed by atoms with Gasteiger partial charge >= 0.3 is 0 Å². The number of aryl methyl sites for hydroxylation is 1. The molecule has 3 aromatic rings. The van der Waals surface area contributed by atoms with E-state index in [1.807, 2.05) is 49.4 Å². The lowest BCUT2D eigenvalue weighted by molar-refractivity contribution is -0.118. The molecule has 0 radical (unpaired) electrons. The molecule has 1 amide bonds. The van der Waals surface area contributed by atoms with Crippen LogP contribution in [0.2, 0.25) is 5.02 Å². The molecule has 1 aliphatic heterocycles. The number of anilines is 1. The minimum atomic E-state index is -3.92. The molecule has 0 saturated carbocycles. The van der Waals surface area contributed by atoms with E-state index < -0.39 is 10.0 Å². The smallest absolute Gasteiger partial charge is 0.243 e. The highest BCUT2D eigenvalue weighted by molar-refractivity contribution is 9.10. The number of hydrogen-bond donors (Lipinski definition) is 0. The molecule has 8 heteroatoms. The summed E-state index contributed by atoms with van der Waals surface area (Å²) in [7, 11) is -3.92. The van der Waals surface area contributed by atoms with Crippen molar-refractivity contribution < 1.29 is 13.2 Å². The topological polar surface area (TPSA) is 57.7 Å². The van der Waals surface area contributed by atoms with Gasteiger partial charge in [0.1, 0.15) is 0 Å². The second-order valence-electron chi connectivity index (χ2n) is 7.78. The minimum absolute atomic E-state index is 0.0966. The van der Waals surface area contributed by atoms with Gasteiger partial charge in [0, 0.05) is 28.3 Å². The summed E-state index contributed by atoms with van der Waals surface area (Å²) in [6.45, 7) is 2.32. The third-order valence-corrected chi connectivity index (χ3v) is 7.99. The third-order valence-electron chi connectivity index (χ3n) is 5.44. The molecule has 0 aliphatic carbocycles. The lowest BCUT2D eigenvalue weighted by Gasteiger charge is -2.25. The maximum atomic E-state index is 13.5. The summed E-state index contributed by atoms with van der Waals surface area (Å²) >= 11 is 9.41. The molecule has 0 aromatic heterocycles. The zero-order valence-corrected chi connectivity index (χ0v) is 20.6. The van der Waals surface area contributed by atoms with Gasteiger partial charge in [-0.3, -0.25) is 4.79 Å². The van der Waals surface area contributed by atoms with Gasteiger partial charge in [0.05, 0.1) is 11.4 Å². The number of halogens is 2. The van der Waals surface area contributed by atoms with E-state index in [0.717, 1.165) is 33.3 Å². The number of amides is 1. The van der Waals surface area contributed by atoms with Crippen LogP contribution in [0.25, 0.3) is 0 Å². The number of hydrogen-bond acceptors (Lipinski definition) is 3. The Balaban J connectivity index is 1.65. The molecule has 0 fully saturated rings. The van der Waals surface area contributed by atoms with E-state index in [9.17, 15) is 13.2 Å². The first-order chi connectivity index (χ1) is 15.2. The lowest BCUT2D eigenvalue weighted by Crippen LogP contribution is -2.42. The fourth-order valence-corrected chi connectivity index (χ4v) is 5.77. The fourth-order valence-electron chi connectivity index (χ4n) is 3.86. The van der Waals surface area contributed by atoms with Crippen LogP contribution in [0.4, 0.5) is 5.69 Å². The standard InChI is InChI=1S/C24H22BrClN2O3S/c1-17-3-2-4-18(13-17)15-27(32(30,31)22-8-6-21(26)7-9-22)16-24(29)28-12-11-19-14-20(25)5-10-23(19)28/h2-10,13-14H,11-12,15-16H2,1H3. The fraction of sp³-hybridized carbons (Fsp3) is 0.208. The van der Waals surface area contributed by atoms with Crippen LogP contribution in [0.15, 0.2) is 76.1 Å². The van der Waals surface area contributed by atoms with Crippen molar-refractivity contribution in [2.24, 2.45) is 0 Å². The summed E-state index contributed by atoms with van der Waals surface area (Å²) in [4.78, 5) is 15.1. The monoisotopic (exact) mass is 532 g/mol. The number of rotatable bonds is 6. The summed E-state index contributed by atoms with van der Waals surface area (Å²) in [6.07, 6.45) is 0.738. The molecular formula is C24H22BrClN2O3S. The molecule has 0 atom stereocenters. The van der Waals surface area contributed by atoms with Crippen molar-refractivity contribution in [1.29, 1.82) is 0 Å². The summed E-state index contributed by atoms with van der Waals surface area (Å²) in [6, 6.07) is 19.4. The normalized spacial score (nSPS) is 13.4. The van der Waals surface area contributed by atoms with Crippen LogP contribution in [0.3, 0.4) is 0 Å². The summed E-state index contributed by atoms with van der Waals surface area (Å²) in [5.41, 5.74) is 3.74. The molecule has 4 rings (SSSR count). The number of carbonyl (C=O) groups excluding carboxylic acids is 1. The maximum absolute atomic E-state index is 13.5. The molecule has 0 unspecified atom stereocenters. The van der Waals surface area contributed by atoms with Crippen molar-refractivity contribution in [2.75, 3.05) is 18.0 Å². The van der Waals surface area contributed by atoms with Crippen LogP contribution in [0.5, 0.6) is 0 Å². The molecule has 1 heterocycles. The van der Waals surface area contributed by atoms with Gasteiger partial charge in [-0.1, -0.05) is 57.4 Å². The predicted molar refractivity (Wildman–Crippen MR) is 130 cm³/mol. The van der Waals surface area contributed by atoms with E-state index in [4.69, 9.17) is 11.6 Å². The van der Waals surface area contributed by atoms with Crippen LogP contribution in [0.1, 0.15) is 16.7 Å². The Morgan fingerprint density at radius 1 is 1.09 bits per heavy atom. The Bertz CT molecular complexity index is 1260. The molecule has 0 saturated heterocycles. The molecule has 3 aromatic carbocycles. The predicted octanol–water partition coefficient (Wildman–Crippen LogP) is 5.19. The third kappa shape index (κ3) is 4.91. The van der Waals surface area contributed by atoms with E-state index in [1.54, 1.807) is 4.90 Å². The van der Waals surface area contributed by atoms with Crippen molar-refractivity contribution in [1.82, 2.24) is 4.31 Å². The van der Waals surface area contributed by atoms with E-state index in [1.165, 1.54) is 28.6 Å². The van der Waals surface area contributed by atoms with Crippen LogP contribution in [-0.2, 0) is 27.8 Å². The van der Waals surface area contributed by atoms with E-state index in [2.05, 4.69) is 15.9 Å². The number of sulfonamides is 1. The second-order valence-corrected chi connectivity index (χ2v) is 11.1. The zero-order chi connectivity index (χ0) is 22.9. The summed E-state index contributed by atoms with van der Waals surface area (Å²) in [5, 5.41) is 0.449. The van der Waals surface area contributed by atoms with E-state index in [0.29, 0.717) is 11.6 Å². The Labute approximate surface area is 201 Å². The van der Waals surface area contributed by atoms with Crippen molar-refractivity contribution in [3.05, 3.63) is 92.9 Å². The highest BCUT2D eigenvalue weighted by Gasteiger charge is 2.31. The number of benzene rings is 3. The average Bonchev–Trinajstić information content (AvgIpc) is 3.16. The average molecular weight is 534 g/mol. The molecule has 32 heavy (non-hydrogen) atoms. The van der Waals surface area contributed by atoms with Crippen LogP contribution in [0, 0.1) is 6.92 Å². The van der Waals surface area contributed by atoms with Crippen LogP contribution >= 0.6 is 27.5 Å². The minimum Gasteiger partial charge on any atom is -0.311 e. The van der Waals surface area contributed by atoms with E-state index >= 15 is 0 Å². The van der Waals surface area contributed by atoms with Gasteiger partial charge in [0.2, 0.25) is 15.9 Å². The van der Waals surface area contributed by atoms with Gasteiger partial charge in [0.15, 0.2) is 0 Å². The number of fused-ring (bicyclic) bond motifs is 1. The molecule has 5 nitrogen and oxygen atoms in total. The summed E-state index contributed by atoms with van der Waals surface area (Å²) in [5.74, 6) is -0.253. The SMILES string of the molecule is Cc1cccc(CN(CC(=O)N2CCc3cc(Br)ccc32)S(=O)(=O)c2ccc(Cl)cc2)c1. The summed E-state index contributed by atoms with van der Waals surface area (Å²) < 4.78 is 29.2.